The third-order valence-corrected chi connectivity index (χ3v) is 4.79. The first-order valence-electron chi connectivity index (χ1n) is 9.06. The zero-order chi connectivity index (χ0) is 18.7. The van der Waals surface area contributed by atoms with Gasteiger partial charge in [0.1, 0.15) is 5.69 Å². The van der Waals surface area contributed by atoms with Crippen molar-refractivity contribution in [2.45, 2.75) is 40.0 Å². The molecule has 3 nitrogen and oxygen atoms in total. The number of aromatic nitrogens is 1. The molecule has 0 aliphatic rings. The first-order valence-corrected chi connectivity index (χ1v) is 9.06. The largest absolute Gasteiger partial charge is 0.494 e. The summed E-state index contributed by atoms with van der Waals surface area (Å²) in [6.07, 6.45) is 2.99. The van der Waals surface area contributed by atoms with E-state index in [4.69, 9.17) is 9.26 Å². The lowest BCUT2D eigenvalue weighted by molar-refractivity contribution is 0.386. The highest BCUT2D eigenvalue weighted by atomic mass is 19.1. The van der Waals surface area contributed by atoms with Crippen molar-refractivity contribution >= 4 is 0 Å². The molecular weight excluding hydrogens is 329 g/mol. The van der Waals surface area contributed by atoms with Gasteiger partial charge in [-0.1, -0.05) is 25.9 Å². The Kier molecular flexibility index (Phi) is 5.40. The molecule has 4 heteroatoms. The molecule has 0 unspecified atom stereocenters. The molecule has 3 aromatic rings. The highest BCUT2D eigenvalue weighted by Gasteiger charge is 2.14. The third kappa shape index (κ3) is 3.36. The molecule has 1 aromatic heterocycles. The fourth-order valence-corrected chi connectivity index (χ4v) is 3.40. The van der Waals surface area contributed by atoms with E-state index in [1.807, 2.05) is 6.07 Å². The summed E-state index contributed by atoms with van der Waals surface area (Å²) in [4.78, 5) is 0. The molecule has 2 aromatic carbocycles. The second-order valence-corrected chi connectivity index (χ2v) is 6.26. The molecule has 0 N–H and O–H groups in total. The van der Waals surface area contributed by atoms with Crippen molar-refractivity contribution in [2.75, 3.05) is 7.11 Å². The summed E-state index contributed by atoms with van der Waals surface area (Å²) >= 11 is 0. The molecule has 0 bridgehead atoms. The zero-order valence-corrected chi connectivity index (χ0v) is 15.7. The monoisotopic (exact) mass is 353 g/mol. The van der Waals surface area contributed by atoms with Crippen molar-refractivity contribution in [3.63, 3.8) is 0 Å². The Morgan fingerprint density at radius 2 is 1.62 bits per heavy atom. The highest BCUT2D eigenvalue weighted by molar-refractivity contribution is 5.68. The minimum absolute atomic E-state index is 0.216. The van der Waals surface area contributed by atoms with Gasteiger partial charge in [0.2, 0.25) is 0 Å². The van der Waals surface area contributed by atoms with Crippen LogP contribution in [0.2, 0.25) is 0 Å². The van der Waals surface area contributed by atoms with E-state index >= 15 is 0 Å². The SMILES string of the molecule is CCc1cc(-c2cc(-c3ccc(OC)c(F)c3)no2)cc(CC)c1CC. The molecule has 0 aliphatic carbocycles. The van der Waals surface area contributed by atoms with Gasteiger partial charge in [0.15, 0.2) is 17.3 Å². The van der Waals surface area contributed by atoms with Gasteiger partial charge < -0.3 is 9.26 Å². The van der Waals surface area contributed by atoms with Crippen LogP contribution < -0.4 is 4.74 Å². The smallest absolute Gasteiger partial charge is 0.167 e. The van der Waals surface area contributed by atoms with Gasteiger partial charge in [-0.15, -0.1) is 0 Å². The van der Waals surface area contributed by atoms with Crippen LogP contribution in [0.25, 0.3) is 22.6 Å². The van der Waals surface area contributed by atoms with Crippen molar-refractivity contribution in [2.24, 2.45) is 0 Å². The van der Waals surface area contributed by atoms with E-state index in [1.165, 1.54) is 29.9 Å². The minimum atomic E-state index is -0.414. The summed E-state index contributed by atoms with van der Waals surface area (Å²) in [5.41, 5.74) is 6.40. The van der Waals surface area contributed by atoms with Gasteiger partial charge in [0.05, 0.1) is 7.11 Å². The van der Waals surface area contributed by atoms with Gasteiger partial charge in [-0.05, 0) is 66.3 Å². The number of nitrogens with zero attached hydrogens (tertiary/aromatic N) is 1. The molecule has 0 amide bonds. The number of hydrogen-bond donors (Lipinski definition) is 0. The van der Waals surface area contributed by atoms with E-state index in [0.717, 1.165) is 24.8 Å². The van der Waals surface area contributed by atoms with E-state index < -0.39 is 5.82 Å². The molecule has 0 fully saturated rings. The number of methoxy groups -OCH3 is 1. The van der Waals surface area contributed by atoms with Crippen molar-refractivity contribution in [1.82, 2.24) is 5.16 Å². The van der Waals surface area contributed by atoms with E-state index in [9.17, 15) is 4.39 Å². The Hall–Kier alpha value is -2.62. The predicted molar refractivity (Wildman–Crippen MR) is 102 cm³/mol. The van der Waals surface area contributed by atoms with Crippen LogP contribution in [0.3, 0.4) is 0 Å². The standard InChI is InChI=1S/C22H24FNO2/c1-5-14-10-17(11-15(6-2)18(14)7-3)22-13-20(24-26-22)16-8-9-21(25-4)19(23)12-16/h8-13H,5-7H2,1-4H3. The Morgan fingerprint density at radius 1 is 0.923 bits per heavy atom. The maximum Gasteiger partial charge on any atom is 0.167 e. The third-order valence-electron chi connectivity index (χ3n) is 4.79. The normalized spacial score (nSPS) is 11.0. The topological polar surface area (TPSA) is 35.3 Å². The van der Waals surface area contributed by atoms with Crippen LogP contribution in [0.5, 0.6) is 5.75 Å². The molecule has 136 valence electrons. The summed E-state index contributed by atoms with van der Waals surface area (Å²) < 4.78 is 24.5. The minimum Gasteiger partial charge on any atom is -0.494 e. The average Bonchev–Trinajstić information content (AvgIpc) is 3.16. The lowest BCUT2D eigenvalue weighted by Crippen LogP contribution is -1.98. The maximum atomic E-state index is 14.0. The second-order valence-electron chi connectivity index (χ2n) is 6.26. The Morgan fingerprint density at radius 3 is 2.15 bits per heavy atom. The zero-order valence-electron chi connectivity index (χ0n) is 15.7. The van der Waals surface area contributed by atoms with E-state index in [2.05, 4.69) is 38.1 Å². The quantitative estimate of drug-likeness (QED) is 0.558. The van der Waals surface area contributed by atoms with Crippen LogP contribution in [0.4, 0.5) is 4.39 Å². The van der Waals surface area contributed by atoms with Crippen LogP contribution in [-0.2, 0) is 19.3 Å². The van der Waals surface area contributed by atoms with E-state index in [-0.39, 0.29) is 5.75 Å². The lowest BCUT2D eigenvalue weighted by atomic mass is 9.92. The predicted octanol–water partition coefficient (Wildman–Crippen LogP) is 5.84. The fraction of sp³-hybridized carbons (Fsp3) is 0.318. The number of benzene rings is 2. The van der Waals surface area contributed by atoms with Crippen LogP contribution >= 0.6 is 0 Å². The number of ether oxygens (including phenoxy) is 1. The summed E-state index contributed by atoms with van der Waals surface area (Å²) in [6.45, 7) is 6.53. The van der Waals surface area contributed by atoms with Gasteiger partial charge in [0, 0.05) is 17.2 Å². The van der Waals surface area contributed by atoms with Crippen LogP contribution in [-0.4, -0.2) is 12.3 Å². The van der Waals surface area contributed by atoms with E-state index in [1.54, 1.807) is 12.1 Å². The van der Waals surface area contributed by atoms with Gasteiger partial charge in [-0.2, -0.15) is 0 Å². The Bertz CT molecular complexity index is 889. The highest BCUT2D eigenvalue weighted by Crippen LogP contribution is 2.31. The number of aryl methyl sites for hydroxylation is 2. The van der Waals surface area contributed by atoms with Gasteiger partial charge in [0.25, 0.3) is 0 Å². The Labute approximate surface area is 153 Å². The molecule has 0 radical (unpaired) electrons. The number of hydrogen-bond acceptors (Lipinski definition) is 3. The van der Waals surface area contributed by atoms with E-state index in [0.29, 0.717) is 17.0 Å². The van der Waals surface area contributed by atoms with Gasteiger partial charge >= 0.3 is 0 Å². The fourth-order valence-electron chi connectivity index (χ4n) is 3.40. The summed E-state index contributed by atoms with van der Waals surface area (Å²) in [7, 11) is 1.45. The second kappa shape index (κ2) is 7.73. The molecule has 26 heavy (non-hydrogen) atoms. The molecule has 0 saturated heterocycles. The number of rotatable bonds is 6. The molecule has 0 spiro atoms. The average molecular weight is 353 g/mol. The van der Waals surface area contributed by atoms with Crippen LogP contribution in [0, 0.1) is 5.82 Å². The maximum absolute atomic E-state index is 14.0. The van der Waals surface area contributed by atoms with Crippen molar-refractivity contribution in [3.05, 3.63) is 58.9 Å². The number of halogens is 1. The van der Waals surface area contributed by atoms with Gasteiger partial charge in [-0.25, -0.2) is 4.39 Å². The lowest BCUT2D eigenvalue weighted by Gasteiger charge is -2.13. The molecule has 0 aliphatic heterocycles. The van der Waals surface area contributed by atoms with Crippen molar-refractivity contribution in [1.29, 1.82) is 0 Å². The molecule has 3 rings (SSSR count). The first kappa shape index (κ1) is 18.2. The summed E-state index contributed by atoms with van der Waals surface area (Å²) in [6, 6.07) is 11.0. The molecular formula is C22H24FNO2. The Balaban J connectivity index is 2.01. The molecule has 1 heterocycles. The van der Waals surface area contributed by atoms with Crippen molar-refractivity contribution < 1.29 is 13.7 Å². The molecule has 0 saturated carbocycles. The van der Waals surface area contributed by atoms with Crippen LogP contribution in [0.1, 0.15) is 37.5 Å². The molecule has 0 atom stereocenters. The van der Waals surface area contributed by atoms with Crippen molar-refractivity contribution in [3.8, 4) is 28.3 Å². The van der Waals surface area contributed by atoms with Crippen LogP contribution in [0.15, 0.2) is 40.9 Å². The van der Waals surface area contributed by atoms with Gasteiger partial charge in [-0.3, -0.25) is 0 Å². The first-order chi connectivity index (χ1) is 12.6. The summed E-state index contributed by atoms with van der Waals surface area (Å²) in [5, 5.41) is 4.13. The summed E-state index contributed by atoms with van der Waals surface area (Å²) in [5.74, 6) is 0.500.